The van der Waals surface area contributed by atoms with E-state index >= 15 is 0 Å². The molecule has 1 saturated carbocycles. The highest BCUT2D eigenvalue weighted by Gasteiger charge is 2.41. The Morgan fingerprint density at radius 2 is 1.86 bits per heavy atom. The molecule has 1 aliphatic carbocycles. The van der Waals surface area contributed by atoms with Gasteiger partial charge in [-0.25, -0.2) is 22.9 Å². The third-order valence-corrected chi connectivity index (χ3v) is 7.95. The molecule has 2 fully saturated rings. The number of amides is 2. The summed E-state index contributed by atoms with van der Waals surface area (Å²) in [6, 6.07) is 3.38. The highest BCUT2D eigenvalue weighted by atomic mass is 127. The summed E-state index contributed by atoms with van der Waals surface area (Å²) in [6.45, 7) is 4.33. The van der Waals surface area contributed by atoms with Crippen molar-refractivity contribution in [2.24, 2.45) is 0 Å². The lowest BCUT2D eigenvalue weighted by Crippen LogP contribution is -2.51. The molecule has 29 heavy (non-hydrogen) atoms. The molecule has 0 atom stereocenters. The fourth-order valence-electron chi connectivity index (χ4n) is 3.50. The molecule has 3 heterocycles. The fraction of sp³-hybridized carbons (Fsp3) is 0.556. The molecule has 0 unspecified atom stereocenters. The van der Waals surface area contributed by atoms with Gasteiger partial charge in [-0.05, 0) is 54.5 Å². The summed E-state index contributed by atoms with van der Waals surface area (Å²) in [5.41, 5.74) is 0.424. The average Bonchev–Trinajstić information content (AvgIpc) is 3.27. The number of sulfonamides is 1. The number of nitrogens with zero attached hydrogens (tertiary/aromatic N) is 5. The van der Waals surface area contributed by atoms with E-state index < -0.39 is 10.0 Å². The first-order valence-corrected chi connectivity index (χ1v) is 12.1. The maximum Gasteiger partial charge on any atom is 0.319 e. The monoisotopic (exact) mass is 532 g/mol. The summed E-state index contributed by atoms with van der Waals surface area (Å²) in [6.07, 6.45) is 3.43. The number of anilines is 1. The van der Waals surface area contributed by atoms with Crippen molar-refractivity contribution in [2.45, 2.75) is 30.2 Å². The van der Waals surface area contributed by atoms with E-state index in [1.807, 2.05) is 11.3 Å². The standard InChI is InChI=1S/C18H25IN6O3S/c1-18(4-5-18)21-29(27,28)13-10-14-16(19)20-12-25(14)15(11-13)23-6-8-24(9-7-23)17(26)22(2)3/h10-12,21H,4-9H2,1-3H3. The molecule has 4 rings (SSSR count). The van der Waals surface area contributed by atoms with E-state index in [2.05, 4.69) is 37.2 Å². The van der Waals surface area contributed by atoms with Crippen LogP contribution in [0.25, 0.3) is 5.52 Å². The first kappa shape index (κ1) is 20.7. The van der Waals surface area contributed by atoms with E-state index in [1.165, 1.54) is 0 Å². The Morgan fingerprint density at radius 3 is 2.45 bits per heavy atom. The number of piperazine rings is 1. The Morgan fingerprint density at radius 1 is 1.21 bits per heavy atom. The topological polar surface area (TPSA) is 90.3 Å². The van der Waals surface area contributed by atoms with Crippen molar-refractivity contribution in [2.75, 3.05) is 45.2 Å². The highest BCUT2D eigenvalue weighted by Crippen LogP contribution is 2.36. The van der Waals surface area contributed by atoms with Crippen LogP contribution in [0.2, 0.25) is 0 Å². The molecule has 2 amide bonds. The van der Waals surface area contributed by atoms with Gasteiger partial charge >= 0.3 is 6.03 Å². The number of halogens is 1. The summed E-state index contributed by atoms with van der Waals surface area (Å²) >= 11 is 2.12. The number of pyridine rings is 1. The predicted molar refractivity (Wildman–Crippen MR) is 119 cm³/mol. The minimum absolute atomic E-state index is 0.00909. The molecular formula is C18H25IN6O3S. The fourth-order valence-corrected chi connectivity index (χ4v) is 5.54. The van der Waals surface area contributed by atoms with Gasteiger partial charge in [-0.1, -0.05) is 0 Å². The van der Waals surface area contributed by atoms with Crippen LogP contribution < -0.4 is 9.62 Å². The quantitative estimate of drug-likeness (QED) is 0.605. The van der Waals surface area contributed by atoms with Crippen LogP contribution in [0.1, 0.15) is 19.8 Å². The van der Waals surface area contributed by atoms with Crippen molar-refractivity contribution in [1.29, 1.82) is 0 Å². The molecule has 0 radical (unpaired) electrons. The van der Waals surface area contributed by atoms with E-state index in [9.17, 15) is 13.2 Å². The molecule has 2 aromatic rings. The number of urea groups is 1. The molecule has 2 aliphatic rings. The van der Waals surface area contributed by atoms with Crippen LogP contribution in [-0.4, -0.2) is 79.4 Å². The Balaban J connectivity index is 1.67. The molecule has 0 spiro atoms. The van der Waals surface area contributed by atoms with Gasteiger partial charge in [0.2, 0.25) is 10.0 Å². The van der Waals surface area contributed by atoms with Crippen molar-refractivity contribution >= 4 is 50.0 Å². The van der Waals surface area contributed by atoms with Gasteiger partial charge in [0.05, 0.1) is 10.4 Å². The average molecular weight is 532 g/mol. The Kier molecular flexibility index (Phi) is 5.18. The van der Waals surface area contributed by atoms with Gasteiger partial charge in [-0.2, -0.15) is 0 Å². The molecule has 1 aliphatic heterocycles. The first-order valence-electron chi connectivity index (χ1n) is 9.51. The van der Waals surface area contributed by atoms with Crippen molar-refractivity contribution in [1.82, 2.24) is 23.9 Å². The van der Waals surface area contributed by atoms with Gasteiger partial charge in [-0.15, -0.1) is 0 Å². The van der Waals surface area contributed by atoms with E-state index in [0.29, 0.717) is 26.2 Å². The largest absolute Gasteiger partial charge is 0.354 e. The van der Waals surface area contributed by atoms with Crippen LogP contribution in [0.3, 0.4) is 0 Å². The number of rotatable bonds is 4. The summed E-state index contributed by atoms with van der Waals surface area (Å²) < 4.78 is 31.5. The van der Waals surface area contributed by atoms with Crippen molar-refractivity contribution in [3.8, 4) is 0 Å². The Bertz CT molecular complexity index is 1050. The Labute approximate surface area is 184 Å². The molecule has 2 aromatic heterocycles. The van der Waals surface area contributed by atoms with Crippen LogP contribution in [0.15, 0.2) is 23.4 Å². The van der Waals surface area contributed by atoms with Crippen molar-refractivity contribution < 1.29 is 13.2 Å². The number of carbonyl (C=O) groups excluding carboxylic acids is 1. The molecule has 1 N–H and O–H groups in total. The Hall–Kier alpha value is -1.60. The molecule has 0 aromatic carbocycles. The lowest BCUT2D eigenvalue weighted by Gasteiger charge is -2.37. The summed E-state index contributed by atoms with van der Waals surface area (Å²) in [5, 5.41) is 0. The minimum atomic E-state index is -3.63. The number of nitrogens with one attached hydrogen (secondary N) is 1. The molecule has 0 bridgehead atoms. The zero-order chi connectivity index (χ0) is 21.0. The second-order valence-corrected chi connectivity index (χ2v) is 10.9. The lowest BCUT2D eigenvalue weighted by atomic mass is 10.3. The number of aromatic nitrogens is 2. The normalized spacial score (nSPS) is 18.9. The summed E-state index contributed by atoms with van der Waals surface area (Å²) in [5.74, 6) is 0.774. The summed E-state index contributed by atoms with van der Waals surface area (Å²) in [4.78, 5) is 22.3. The number of imidazole rings is 1. The van der Waals surface area contributed by atoms with Gasteiger partial charge < -0.3 is 14.7 Å². The second kappa shape index (κ2) is 7.27. The smallest absolute Gasteiger partial charge is 0.319 e. The maximum absolute atomic E-state index is 13.0. The SMILES string of the molecule is CN(C)C(=O)N1CCN(c2cc(S(=O)(=O)NC3(C)CC3)cc3c(I)ncn23)CC1. The molecular weight excluding hydrogens is 507 g/mol. The number of hydrogen-bond acceptors (Lipinski definition) is 5. The van der Waals surface area contributed by atoms with Crippen LogP contribution in [0.5, 0.6) is 0 Å². The zero-order valence-electron chi connectivity index (χ0n) is 16.7. The van der Waals surface area contributed by atoms with Crippen LogP contribution in [-0.2, 0) is 10.0 Å². The van der Waals surface area contributed by atoms with E-state index in [0.717, 1.165) is 27.9 Å². The lowest BCUT2D eigenvalue weighted by molar-refractivity contribution is 0.168. The number of hydrogen-bond donors (Lipinski definition) is 1. The van der Waals surface area contributed by atoms with Crippen molar-refractivity contribution in [3.63, 3.8) is 0 Å². The van der Waals surface area contributed by atoms with E-state index in [-0.39, 0.29) is 16.5 Å². The van der Waals surface area contributed by atoms with Crippen LogP contribution in [0.4, 0.5) is 10.6 Å². The predicted octanol–water partition coefficient (Wildman–Crippen LogP) is 1.57. The van der Waals surface area contributed by atoms with Crippen LogP contribution in [0, 0.1) is 3.70 Å². The maximum atomic E-state index is 13.0. The van der Waals surface area contributed by atoms with Gasteiger partial charge in [-0.3, -0.25) is 4.40 Å². The zero-order valence-corrected chi connectivity index (χ0v) is 19.7. The van der Waals surface area contributed by atoms with Gasteiger partial charge in [0.1, 0.15) is 15.8 Å². The molecule has 11 heteroatoms. The molecule has 158 valence electrons. The minimum Gasteiger partial charge on any atom is -0.354 e. The van der Waals surface area contributed by atoms with Gasteiger partial charge in [0.15, 0.2) is 0 Å². The number of fused-ring (bicyclic) bond motifs is 1. The molecule has 9 nitrogen and oxygen atoms in total. The van der Waals surface area contributed by atoms with Crippen LogP contribution >= 0.6 is 22.6 Å². The third-order valence-electron chi connectivity index (χ3n) is 5.50. The van der Waals surface area contributed by atoms with E-state index in [4.69, 9.17) is 0 Å². The second-order valence-electron chi connectivity index (χ2n) is 8.16. The van der Waals surface area contributed by atoms with Gasteiger partial charge in [0, 0.05) is 45.8 Å². The van der Waals surface area contributed by atoms with E-state index in [1.54, 1.807) is 42.4 Å². The van der Waals surface area contributed by atoms with Crippen molar-refractivity contribution in [3.05, 3.63) is 22.2 Å². The summed E-state index contributed by atoms with van der Waals surface area (Å²) in [7, 11) is -0.144. The first-order chi connectivity index (χ1) is 13.6. The highest BCUT2D eigenvalue weighted by molar-refractivity contribution is 14.1. The molecule has 1 saturated heterocycles. The third kappa shape index (κ3) is 4.04. The van der Waals surface area contributed by atoms with Gasteiger partial charge in [0.25, 0.3) is 0 Å². The number of carbonyl (C=O) groups is 1.